The Labute approximate surface area is 181 Å². The Kier molecular flexibility index (Phi) is 7.38. The summed E-state index contributed by atoms with van der Waals surface area (Å²) >= 11 is 1.42. The van der Waals surface area contributed by atoms with Gasteiger partial charge in [-0.15, -0.1) is 11.8 Å². The fourth-order valence-electron chi connectivity index (χ4n) is 3.87. The first kappa shape index (κ1) is 22.6. The summed E-state index contributed by atoms with van der Waals surface area (Å²) in [6.45, 7) is 2.13. The normalized spacial score (nSPS) is 26.5. The Morgan fingerprint density at radius 1 is 1.17 bits per heavy atom. The van der Waals surface area contributed by atoms with Crippen LogP contribution >= 0.6 is 11.8 Å². The third kappa shape index (κ3) is 4.63. The molecule has 2 aliphatic rings. The van der Waals surface area contributed by atoms with Gasteiger partial charge in [0.2, 0.25) is 5.91 Å². The van der Waals surface area contributed by atoms with Gasteiger partial charge in [-0.3, -0.25) is 25.1 Å². The minimum absolute atomic E-state index is 0.00862. The highest BCUT2D eigenvalue weighted by molar-refractivity contribution is 8.00. The molecule has 30 heavy (non-hydrogen) atoms. The molecule has 8 nitrogen and oxygen atoms in total. The van der Waals surface area contributed by atoms with Gasteiger partial charge in [-0.1, -0.05) is 19.8 Å². The molecule has 4 atom stereocenters. The molecule has 1 aromatic rings. The Hall–Kier alpha value is -2.10. The molecule has 3 rings (SSSR count). The fourth-order valence-corrected chi connectivity index (χ4v) is 5.10. The molecule has 2 heterocycles. The van der Waals surface area contributed by atoms with Crippen LogP contribution in [-0.2, 0) is 4.79 Å². The van der Waals surface area contributed by atoms with E-state index in [0.717, 1.165) is 24.2 Å². The molecule has 2 saturated heterocycles. The first-order chi connectivity index (χ1) is 14.4. The van der Waals surface area contributed by atoms with Crippen LogP contribution < -0.4 is 15.4 Å². The van der Waals surface area contributed by atoms with Gasteiger partial charge in [0.1, 0.15) is 5.75 Å². The van der Waals surface area contributed by atoms with E-state index in [2.05, 4.69) is 17.6 Å². The van der Waals surface area contributed by atoms with Gasteiger partial charge >= 0.3 is 6.03 Å². The van der Waals surface area contributed by atoms with Crippen LogP contribution in [0, 0.1) is 5.92 Å². The topological polar surface area (TPSA) is 91.0 Å². The summed E-state index contributed by atoms with van der Waals surface area (Å²) in [5.74, 6) is 0.230. The molecule has 0 aromatic heterocycles. The van der Waals surface area contributed by atoms with Crippen LogP contribution in [-0.4, -0.2) is 72.2 Å². The number of fused-ring (bicyclic) bond motifs is 1. The van der Waals surface area contributed by atoms with E-state index in [1.807, 2.05) is 0 Å². The average Bonchev–Trinajstić information content (AvgIpc) is 2.77. The van der Waals surface area contributed by atoms with Crippen LogP contribution in [0.5, 0.6) is 5.75 Å². The predicted octanol–water partition coefficient (Wildman–Crippen LogP) is 2.11. The number of nitrogens with one attached hydrogen (secondary N) is 2. The number of hydrogen-bond donors (Lipinski definition) is 2. The number of unbranched alkanes of at least 4 members (excludes halogenated alkanes) is 1. The van der Waals surface area contributed by atoms with E-state index in [-0.39, 0.29) is 35.0 Å². The quantitative estimate of drug-likeness (QED) is 0.606. The maximum absolute atomic E-state index is 12.9. The number of nitrogens with zero attached hydrogens (tertiary/aromatic N) is 2. The summed E-state index contributed by atoms with van der Waals surface area (Å²) in [7, 11) is 4.80. The molecule has 164 valence electrons. The number of methoxy groups -OCH3 is 1. The summed E-state index contributed by atoms with van der Waals surface area (Å²) < 4.78 is 5.14. The molecule has 3 amide bonds. The Bertz CT molecular complexity index is 788. The number of Topliss-reactive ketones (excluding diaryl/α,β-unsaturated/α-hetero) is 1. The zero-order valence-corrected chi connectivity index (χ0v) is 18.7. The summed E-state index contributed by atoms with van der Waals surface area (Å²) in [4.78, 5) is 40.8. The van der Waals surface area contributed by atoms with E-state index in [9.17, 15) is 14.4 Å². The number of ketones is 1. The minimum atomic E-state index is -0.468. The molecule has 9 heteroatoms. The first-order valence-corrected chi connectivity index (χ1v) is 11.3. The van der Waals surface area contributed by atoms with Gasteiger partial charge in [-0.05, 0) is 30.7 Å². The summed E-state index contributed by atoms with van der Waals surface area (Å²) in [6.07, 6.45) is 2.55. The van der Waals surface area contributed by atoms with Crippen LogP contribution in [0.1, 0.15) is 36.5 Å². The largest absolute Gasteiger partial charge is 0.497 e. The van der Waals surface area contributed by atoms with Crippen molar-refractivity contribution >= 4 is 29.5 Å². The number of imide groups is 1. The highest BCUT2D eigenvalue weighted by Crippen LogP contribution is 2.32. The van der Waals surface area contributed by atoms with Crippen molar-refractivity contribution in [1.82, 2.24) is 20.4 Å². The van der Waals surface area contributed by atoms with Gasteiger partial charge in [-0.2, -0.15) is 0 Å². The molecule has 1 aromatic carbocycles. The number of urea groups is 1. The lowest BCUT2D eigenvalue weighted by atomic mass is 9.96. The second kappa shape index (κ2) is 9.80. The Balaban J connectivity index is 1.74. The number of thioether (sulfide) groups is 1. The van der Waals surface area contributed by atoms with Crippen LogP contribution in [0.2, 0.25) is 0 Å². The third-order valence-corrected chi connectivity index (χ3v) is 6.89. The van der Waals surface area contributed by atoms with Crippen molar-refractivity contribution in [3.05, 3.63) is 29.8 Å². The lowest BCUT2D eigenvalue weighted by Gasteiger charge is -2.50. The number of hydrogen-bond acceptors (Lipinski definition) is 7. The van der Waals surface area contributed by atoms with Crippen molar-refractivity contribution in [2.24, 2.45) is 5.92 Å². The fraction of sp³-hybridized carbons (Fsp3) is 0.571. The second-order valence-electron chi connectivity index (χ2n) is 7.67. The molecule has 0 bridgehead atoms. The number of benzene rings is 1. The van der Waals surface area contributed by atoms with Crippen molar-refractivity contribution < 1.29 is 19.1 Å². The van der Waals surface area contributed by atoms with Crippen LogP contribution in [0.3, 0.4) is 0 Å². The highest BCUT2D eigenvalue weighted by atomic mass is 32.2. The maximum atomic E-state index is 12.9. The number of rotatable bonds is 8. The van der Waals surface area contributed by atoms with Gasteiger partial charge < -0.3 is 9.64 Å². The van der Waals surface area contributed by atoms with Gasteiger partial charge in [0.15, 0.2) is 5.78 Å². The van der Waals surface area contributed by atoms with Crippen molar-refractivity contribution in [3.8, 4) is 5.75 Å². The first-order valence-electron chi connectivity index (χ1n) is 10.2. The summed E-state index contributed by atoms with van der Waals surface area (Å²) in [6, 6.07) is 6.70. The molecular formula is C21H30N4O4S. The minimum Gasteiger partial charge on any atom is -0.497 e. The average molecular weight is 435 g/mol. The van der Waals surface area contributed by atoms with E-state index in [1.165, 1.54) is 18.8 Å². The molecule has 4 unspecified atom stereocenters. The Morgan fingerprint density at radius 2 is 1.87 bits per heavy atom. The van der Waals surface area contributed by atoms with Gasteiger partial charge in [0, 0.05) is 19.7 Å². The van der Waals surface area contributed by atoms with E-state index in [0.29, 0.717) is 11.3 Å². The number of carbonyl (C=O) groups is 3. The summed E-state index contributed by atoms with van der Waals surface area (Å²) in [5.41, 5.74) is 0.607. The van der Waals surface area contributed by atoms with Crippen molar-refractivity contribution in [3.63, 3.8) is 0 Å². The van der Waals surface area contributed by atoms with Gasteiger partial charge in [-0.25, -0.2) is 4.79 Å². The van der Waals surface area contributed by atoms with Crippen molar-refractivity contribution in [2.75, 3.05) is 27.0 Å². The molecule has 2 aliphatic heterocycles. The second-order valence-corrected chi connectivity index (χ2v) is 8.80. The lowest BCUT2D eigenvalue weighted by molar-refractivity contribution is -0.140. The van der Waals surface area contributed by atoms with Crippen molar-refractivity contribution in [2.45, 2.75) is 43.9 Å². The highest BCUT2D eigenvalue weighted by Gasteiger charge is 2.50. The van der Waals surface area contributed by atoms with Gasteiger partial charge in [0.25, 0.3) is 0 Å². The standard InChI is InChI=1S/C21H30N4O4S/c1-5-6-7-16-22-18-17(20(27)25(3)21(28)24(18)2)19(23-16)30-12-15(26)13-8-10-14(29-4)11-9-13/h8-11,16-19,22-23H,5-7,12H2,1-4H3. The monoisotopic (exact) mass is 434 g/mol. The summed E-state index contributed by atoms with van der Waals surface area (Å²) in [5, 5.41) is 6.64. The molecular weight excluding hydrogens is 404 g/mol. The van der Waals surface area contributed by atoms with Crippen molar-refractivity contribution in [1.29, 1.82) is 0 Å². The maximum Gasteiger partial charge on any atom is 0.327 e. The van der Waals surface area contributed by atoms with E-state index in [4.69, 9.17) is 4.74 Å². The predicted molar refractivity (Wildman–Crippen MR) is 116 cm³/mol. The van der Waals surface area contributed by atoms with Crippen LogP contribution in [0.15, 0.2) is 24.3 Å². The van der Waals surface area contributed by atoms with E-state index in [1.54, 1.807) is 43.3 Å². The molecule has 0 aliphatic carbocycles. The molecule has 0 spiro atoms. The van der Waals surface area contributed by atoms with Gasteiger partial charge in [0.05, 0.1) is 36.5 Å². The smallest absolute Gasteiger partial charge is 0.327 e. The number of ether oxygens (including phenoxy) is 1. The van der Waals surface area contributed by atoms with Crippen LogP contribution in [0.25, 0.3) is 0 Å². The van der Waals surface area contributed by atoms with E-state index >= 15 is 0 Å². The SMILES string of the molecule is CCCCC1NC(SCC(=O)c2ccc(OC)cc2)C2C(=O)N(C)C(=O)N(C)C2N1. The molecule has 2 N–H and O–H groups in total. The molecule has 0 saturated carbocycles. The zero-order chi connectivity index (χ0) is 21.8. The lowest BCUT2D eigenvalue weighted by Crippen LogP contribution is -2.74. The van der Waals surface area contributed by atoms with E-state index < -0.39 is 12.1 Å². The number of carbonyl (C=O) groups excluding carboxylic acids is 3. The molecule has 2 fully saturated rings. The third-order valence-electron chi connectivity index (χ3n) is 5.68. The Morgan fingerprint density at radius 3 is 2.50 bits per heavy atom. The zero-order valence-electron chi connectivity index (χ0n) is 17.9. The molecule has 0 radical (unpaired) electrons. The van der Waals surface area contributed by atoms with Crippen LogP contribution in [0.4, 0.5) is 4.79 Å². The number of amides is 3.